The van der Waals surface area contributed by atoms with E-state index in [0.29, 0.717) is 59.1 Å². The molecule has 0 aliphatic carbocycles. The van der Waals surface area contributed by atoms with Gasteiger partial charge in [-0.1, -0.05) is 35.0 Å². The summed E-state index contributed by atoms with van der Waals surface area (Å²) in [4.78, 5) is 30.0. The summed E-state index contributed by atoms with van der Waals surface area (Å²) < 4.78 is 5.40. The Labute approximate surface area is 184 Å². The van der Waals surface area contributed by atoms with Gasteiger partial charge in [0.2, 0.25) is 17.8 Å². The number of carbonyl (C=O) groups excluding carboxylic acids is 1. The zero-order valence-corrected chi connectivity index (χ0v) is 18.7. The molecule has 0 bridgehead atoms. The summed E-state index contributed by atoms with van der Waals surface area (Å²) in [6, 6.07) is 4.96. The largest absolute Gasteiger partial charge is 0.378 e. The number of nitrogens with zero attached hydrogens (tertiary/aromatic N) is 5. The molecule has 0 unspecified atom stereocenters. The number of amides is 1. The Bertz CT molecular complexity index is 879. The van der Waals surface area contributed by atoms with Crippen molar-refractivity contribution in [2.24, 2.45) is 0 Å². The van der Waals surface area contributed by atoms with Crippen molar-refractivity contribution in [3.63, 3.8) is 0 Å². The molecule has 1 fully saturated rings. The van der Waals surface area contributed by atoms with Crippen molar-refractivity contribution in [2.45, 2.75) is 17.3 Å². The van der Waals surface area contributed by atoms with Gasteiger partial charge in [-0.25, -0.2) is 0 Å². The lowest BCUT2D eigenvalue weighted by Gasteiger charge is -2.27. The fourth-order valence-corrected chi connectivity index (χ4v) is 3.57. The fourth-order valence-electron chi connectivity index (χ4n) is 2.52. The Hall–Kier alpha value is -1.81. The number of anilines is 3. The SMILES string of the molecule is C[C@H](Sc1nc(N(C)C)nc(N2CCOCC2)n1)C(=O)Nc1ccc(Cl)c(Cl)c1. The monoisotopic (exact) mass is 456 g/mol. The topological polar surface area (TPSA) is 83.5 Å². The third-order valence-corrected chi connectivity index (χ3v) is 5.82. The normalized spacial score (nSPS) is 15.1. The van der Waals surface area contributed by atoms with Gasteiger partial charge in [0, 0.05) is 32.9 Å². The van der Waals surface area contributed by atoms with Gasteiger partial charge in [-0.2, -0.15) is 15.0 Å². The molecule has 2 heterocycles. The molecule has 11 heteroatoms. The Morgan fingerprint density at radius 2 is 1.93 bits per heavy atom. The zero-order valence-electron chi connectivity index (χ0n) is 16.4. The first-order valence-corrected chi connectivity index (χ1v) is 10.7. The summed E-state index contributed by atoms with van der Waals surface area (Å²) in [6.45, 7) is 4.50. The molecule has 2 aromatic rings. The minimum absolute atomic E-state index is 0.187. The van der Waals surface area contributed by atoms with Crippen molar-refractivity contribution < 1.29 is 9.53 Å². The maximum Gasteiger partial charge on any atom is 0.237 e. The average Bonchev–Trinajstić information content (AvgIpc) is 2.71. The van der Waals surface area contributed by atoms with Gasteiger partial charge in [0.15, 0.2) is 5.16 Å². The number of hydrogen-bond donors (Lipinski definition) is 1. The van der Waals surface area contributed by atoms with Crippen molar-refractivity contribution in [1.29, 1.82) is 0 Å². The zero-order chi connectivity index (χ0) is 21.0. The number of ether oxygens (including phenoxy) is 1. The molecule has 1 N–H and O–H groups in total. The number of morpholine rings is 1. The summed E-state index contributed by atoms with van der Waals surface area (Å²) in [5.74, 6) is 0.945. The van der Waals surface area contributed by atoms with Crippen molar-refractivity contribution in [1.82, 2.24) is 15.0 Å². The van der Waals surface area contributed by atoms with Gasteiger partial charge in [0.1, 0.15) is 0 Å². The van der Waals surface area contributed by atoms with Gasteiger partial charge >= 0.3 is 0 Å². The van der Waals surface area contributed by atoms with E-state index in [1.54, 1.807) is 25.1 Å². The molecule has 1 atom stereocenters. The molecule has 3 rings (SSSR count). The van der Waals surface area contributed by atoms with Crippen LogP contribution in [0.1, 0.15) is 6.92 Å². The smallest absolute Gasteiger partial charge is 0.237 e. The fraction of sp³-hybridized carbons (Fsp3) is 0.444. The Morgan fingerprint density at radius 3 is 2.59 bits per heavy atom. The van der Waals surface area contributed by atoms with E-state index in [2.05, 4.69) is 25.2 Å². The van der Waals surface area contributed by atoms with Crippen LogP contribution in [0.5, 0.6) is 0 Å². The third kappa shape index (κ3) is 5.85. The molecule has 1 amide bonds. The Kier molecular flexibility index (Phi) is 7.39. The highest BCUT2D eigenvalue weighted by Crippen LogP contribution is 2.27. The molecule has 1 aromatic heterocycles. The highest BCUT2D eigenvalue weighted by Gasteiger charge is 2.21. The van der Waals surface area contributed by atoms with Crippen LogP contribution in [0, 0.1) is 0 Å². The summed E-state index contributed by atoms with van der Waals surface area (Å²) in [7, 11) is 3.74. The van der Waals surface area contributed by atoms with Crippen LogP contribution in [0.2, 0.25) is 10.0 Å². The molecule has 1 aliphatic rings. The number of rotatable bonds is 6. The summed E-state index contributed by atoms with van der Waals surface area (Å²) in [6.07, 6.45) is 0. The number of carbonyl (C=O) groups is 1. The average molecular weight is 457 g/mol. The van der Waals surface area contributed by atoms with Gasteiger partial charge in [-0.05, 0) is 25.1 Å². The van der Waals surface area contributed by atoms with Crippen molar-refractivity contribution in [3.8, 4) is 0 Å². The van der Waals surface area contributed by atoms with Crippen LogP contribution in [0.4, 0.5) is 17.6 Å². The molecular formula is C18H22Cl2N6O2S. The summed E-state index contributed by atoms with van der Waals surface area (Å²) in [5, 5.41) is 3.71. The van der Waals surface area contributed by atoms with E-state index >= 15 is 0 Å². The van der Waals surface area contributed by atoms with Crippen molar-refractivity contribution >= 4 is 58.5 Å². The molecule has 0 saturated carbocycles. The first-order valence-electron chi connectivity index (χ1n) is 9.02. The second-order valence-electron chi connectivity index (χ2n) is 6.59. The molecule has 0 radical (unpaired) electrons. The van der Waals surface area contributed by atoms with Crippen LogP contribution in [-0.2, 0) is 9.53 Å². The van der Waals surface area contributed by atoms with Crippen molar-refractivity contribution in [2.75, 3.05) is 55.5 Å². The number of nitrogens with one attached hydrogen (secondary N) is 1. The van der Waals surface area contributed by atoms with Crippen LogP contribution in [-0.4, -0.2) is 66.5 Å². The molecule has 1 aliphatic heterocycles. The molecule has 8 nitrogen and oxygen atoms in total. The summed E-state index contributed by atoms with van der Waals surface area (Å²) >= 11 is 13.2. The predicted molar refractivity (Wildman–Crippen MR) is 118 cm³/mol. The van der Waals surface area contributed by atoms with Crippen molar-refractivity contribution in [3.05, 3.63) is 28.2 Å². The van der Waals surface area contributed by atoms with Gasteiger partial charge in [0.25, 0.3) is 0 Å². The second kappa shape index (κ2) is 9.80. The molecular weight excluding hydrogens is 435 g/mol. The predicted octanol–water partition coefficient (Wildman–Crippen LogP) is 3.20. The van der Waals surface area contributed by atoms with Crippen LogP contribution >= 0.6 is 35.0 Å². The lowest BCUT2D eigenvalue weighted by Crippen LogP contribution is -2.37. The Morgan fingerprint density at radius 1 is 1.21 bits per heavy atom. The number of thioether (sulfide) groups is 1. The Balaban J connectivity index is 1.73. The van der Waals surface area contributed by atoms with Gasteiger partial charge in [-0.15, -0.1) is 0 Å². The maximum absolute atomic E-state index is 12.6. The second-order valence-corrected chi connectivity index (χ2v) is 8.71. The number of hydrogen-bond acceptors (Lipinski definition) is 8. The van der Waals surface area contributed by atoms with Crippen LogP contribution < -0.4 is 15.1 Å². The number of halogens is 2. The molecule has 0 spiro atoms. The highest BCUT2D eigenvalue weighted by atomic mass is 35.5. The third-order valence-electron chi connectivity index (χ3n) is 4.12. The minimum Gasteiger partial charge on any atom is -0.378 e. The first-order chi connectivity index (χ1) is 13.8. The van der Waals surface area contributed by atoms with Gasteiger partial charge in [0.05, 0.1) is 28.5 Å². The van der Waals surface area contributed by atoms with E-state index in [1.807, 2.05) is 19.0 Å². The molecule has 1 saturated heterocycles. The van der Waals surface area contributed by atoms with E-state index in [0.717, 1.165) is 0 Å². The van der Waals surface area contributed by atoms with E-state index in [9.17, 15) is 4.79 Å². The van der Waals surface area contributed by atoms with Crippen LogP contribution in [0.25, 0.3) is 0 Å². The minimum atomic E-state index is -0.431. The number of aromatic nitrogens is 3. The quantitative estimate of drug-likeness (QED) is 0.663. The lowest BCUT2D eigenvalue weighted by atomic mass is 10.3. The van der Waals surface area contributed by atoms with E-state index in [1.165, 1.54) is 11.8 Å². The van der Waals surface area contributed by atoms with E-state index < -0.39 is 5.25 Å². The van der Waals surface area contributed by atoms with Crippen LogP contribution in [0.3, 0.4) is 0 Å². The lowest BCUT2D eigenvalue weighted by molar-refractivity contribution is -0.115. The summed E-state index contributed by atoms with van der Waals surface area (Å²) in [5.41, 5.74) is 0.579. The molecule has 29 heavy (non-hydrogen) atoms. The van der Waals surface area contributed by atoms with Gasteiger partial charge < -0.3 is 19.9 Å². The van der Waals surface area contributed by atoms with Crippen LogP contribution in [0.15, 0.2) is 23.4 Å². The maximum atomic E-state index is 12.6. The first kappa shape index (κ1) is 21.9. The highest BCUT2D eigenvalue weighted by molar-refractivity contribution is 8.00. The number of benzene rings is 1. The molecule has 156 valence electrons. The van der Waals surface area contributed by atoms with E-state index in [-0.39, 0.29) is 5.91 Å². The van der Waals surface area contributed by atoms with Gasteiger partial charge in [-0.3, -0.25) is 4.79 Å². The van der Waals surface area contributed by atoms with E-state index in [4.69, 9.17) is 27.9 Å². The molecule has 1 aromatic carbocycles. The standard InChI is InChI=1S/C18H22Cl2N6O2S/c1-11(15(27)21-12-4-5-13(19)14(20)10-12)29-18-23-16(25(2)3)22-17(24-18)26-6-8-28-9-7-26/h4-5,10-11H,6-9H2,1-3H3,(H,21,27)/t11-/m0/s1.